The second-order valence-corrected chi connectivity index (χ2v) is 15.5. The molecule has 0 spiro atoms. The van der Waals surface area contributed by atoms with Crippen molar-refractivity contribution in [2.75, 3.05) is 13.7 Å². The Morgan fingerprint density at radius 2 is 1.71 bits per heavy atom. The first-order valence-corrected chi connectivity index (χ1v) is 13.7. The molecule has 0 aliphatic heterocycles. The van der Waals surface area contributed by atoms with Crippen LogP contribution in [0.5, 0.6) is 0 Å². The number of hydrogen-bond acceptors (Lipinski definition) is 6. The summed E-state index contributed by atoms with van der Waals surface area (Å²) < 4.78 is 17.5. The molecule has 6 nitrogen and oxygen atoms in total. The summed E-state index contributed by atoms with van der Waals surface area (Å²) in [4.78, 5) is 25.7. The molecule has 2 atom stereocenters. The van der Waals surface area contributed by atoms with E-state index in [1.165, 1.54) is 7.11 Å². The number of ether oxygens (including phenoxy) is 2. The zero-order valence-electron chi connectivity index (χ0n) is 20.5. The van der Waals surface area contributed by atoms with Gasteiger partial charge in [0.05, 0.1) is 7.11 Å². The van der Waals surface area contributed by atoms with Gasteiger partial charge in [0.15, 0.2) is 13.9 Å². The predicted molar refractivity (Wildman–Crippen MR) is 127 cm³/mol. The predicted octanol–water partition coefficient (Wildman–Crippen LogP) is 5.05. The van der Waals surface area contributed by atoms with Gasteiger partial charge in [-0.25, -0.2) is 4.79 Å². The van der Waals surface area contributed by atoms with Crippen LogP contribution in [-0.4, -0.2) is 45.6 Å². The van der Waals surface area contributed by atoms with Gasteiger partial charge in [-0.3, -0.25) is 4.79 Å². The van der Waals surface area contributed by atoms with Gasteiger partial charge in [0.1, 0.15) is 11.6 Å². The van der Waals surface area contributed by atoms with E-state index in [9.17, 15) is 9.59 Å². The van der Waals surface area contributed by atoms with Crippen molar-refractivity contribution < 1.29 is 23.5 Å². The van der Waals surface area contributed by atoms with E-state index in [0.29, 0.717) is 10.6 Å². The molecule has 31 heavy (non-hydrogen) atoms. The number of carbonyl (C=O) groups is 2. The smallest absolute Gasteiger partial charge is 0.343 e. The molecule has 0 fully saturated rings. The number of benzene rings is 1. The van der Waals surface area contributed by atoms with Crippen LogP contribution >= 0.6 is 11.6 Å². The summed E-state index contributed by atoms with van der Waals surface area (Å²) in [6, 6.07) is 6.38. The Bertz CT molecular complexity index is 785. The molecule has 1 aromatic carbocycles. The first-order chi connectivity index (χ1) is 13.9. The molecule has 0 aliphatic carbocycles. The van der Waals surface area contributed by atoms with Crippen LogP contribution in [0.3, 0.4) is 0 Å². The zero-order valence-corrected chi connectivity index (χ0v) is 22.3. The van der Waals surface area contributed by atoms with Crippen molar-refractivity contribution in [3.63, 3.8) is 0 Å². The van der Waals surface area contributed by atoms with Gasteiger partial charge in [-0.2, -0.15) is 0 Å². The molecule has 8 heteroatoms. The highest BCUT2D eigenvalue weighted by Gasteiger charge is 2.52. The van der Waals surface area contributed by atoms with E-state index in [2.05, 4.69) is 39.2 Å². The summed E-state index contributed by atoms with van der Waals surface area (Å²) in [6.07, 6.45) is 0. The third-order valence-corrected chi connectivity index (χ3v) is 10.2. The number of nitrogens with one attached hydrogen (secondary N) is 1. The van der Waals surface area contributed by atoms with Crippen LogP contribution in [0, 0.1) is 0 Å². The molecule has 1 aromatic rings. The Hall–Kier alpha value is -1.41. The van der Waals surface area contributed by atoms with Gasteiger partial charge in [-0.1, -0.05) is 44.5 Å². The molecule has 1 N–H and O–H groups in total. The van der Waals surface area contributed by atoms with Crippen molar-refractivity contribution in [3.8, 4) is 0 Å². The molecule has 0 bridgehead atoms. The average molecular weight is 472 g/mol. The largest absolute Gasteiger partial charge is 0.468 e. The van der Waals surface area contributed by atoms with Crippen LogP contribution in [0.4, 0.5) is 0 Å². The number of esters is 2. The van der Waals surface area contributed by atoms with Crippen molar-refractivity contribution >= 4 is 31.9 Å². The quantitative estimate of drug-likeness (QED) is 0.422. The molecule has 0 saturated carbocycles. The van der Waals surface area contributed by atoms with Gasteiger partial charge >= 0.3 is 11.9 Å². The van der Waals surface area contributed by atoms with Crippen molar-refractivity contribution in [1.82, 2.24) is 5.32 Å². The van der Waals surface area contributed by atoms with E-state index in [4.69, 9.17) is 25.5 Å². The van der Waals surface area contributed by atoms with E-state index in [1.54, 1.807) is 31.2 Å². The maximum absolute atomic E-state index is 13.7. The minimum atomic E-state index is -2.49. The fourth-order valence-electron chi connectivity index (χ4n) is 2.67. The first kappa shape index (κ1) is 27.6. The second-order valence-electron chi connectivity index (χ2n) is 10.3. The molecule has 0 heterocycles. The summed E-state index contributed by atoms with van der Waals surface area (Å²) in [7, 11) is -1.16. The van der Waals surface area contributed by atoms with Gasteiger partial charge in [-0.05, 0) is 63.5 Å². The topological polar surface area (TPSA) is 73.9 Å². The number of rotatable bonds is 8. The van der Waals surface area contributed by atoms with Crippen LogP contribution in [0.2, 0.25) is 23.2 Å². The Labute approximate surface area is 193 Å². The van der Waals surface area contributed by atoms with Crippen molar-refractivity contribution in [2.24, 2.45) is 0 Å². The summed E-state index contributed by atoms with van der Waals surface area (Å²) >= 11 is 6.29. The van der Waals surface area contributed by atoms with Crippen molar-refractivity contribution in [3.05, 3.63) is 34.9 Å². The van der Waals surface area contributed by atoms with E-state index in [1.807, 2.05) is 20.8 Å². The highest BCUT2D eigenvalue weighted by Crippen LogP contribution is 2.43. The number of hydrogen-bond donors (Lipinski definition) is 1. The lowest BCUT2D eigenvalue weighted by Gasteiger charge is -2.45. The SMILES string of the molecule is COC(=O)[C@H](C)NC[C@@](O[Si](C)(C)C(C)(C)C)(C(=O)OC(C)(C)C)c1cccc(Cl)c1. The molecule has 176 valence electrons. The molecule has 0 aromatic heterocycles. The van der Waals surface area contributed by atoms with Gasteiger partial charge in [0.2, 0.25) is 0 Å². The summed E-state index contributed by atoms with van der Waals surface area (Å²) in [5.74, 6) is -0.965. The van der Waals surface area contributed by atoms with E-state index >= 15 is 0 Å². The van der Waals surface area contributed by atoms with Crippen molar-refractivity contribution in [1.29, 1.82) is 0 Å². The average Bonchev–Trinajstić information content (AvgIpc) is 2.61. The normalized spacial score (nSPS) is 15.7. The number of halogens is 1. The number of carbonyl (C=O) groups excluding carboxylic acids is 2. The van der Waals surface area contributed by atoms with Crippen LogP contribution in [0.25, 0.3) is 0 Å². The van der Waals surface area contributed by atoms with E-state index in [0.717, 1.165) is 0 Å². The maximum atomic E-state index is 13.7. The first-order valence-electron chi connectivity index (χ1n) is 10.5. The molecule has 0 saturated heterocycles. The van der Waals surface area contributed by atoms with Gasteiger partial charge in [0, 0.05) is 11.6 Å². The monoisotopic (exact) mass is 471 g/mol. The number of methoxy groups -OCH3 is 1. The lowest BCUT2D eigenvalue weighted by atomic mass is 9.93. The standard InChI is InChI=1S/C23H38ClNO5Si/c1-16(19(26)28-8)25-15-23(20(27)29-21(2,3)4,17-12-11-13-18(24)14-17)30-31(9,10)22(5,6)7/h11-14,16,25H,15H2,1-10H3/t16-,23-/m0/s1. The van der Waals surface area contributed by atoms with Gasteiger partial charge < -0.3 is 19.2 Å². The lowest BCUT2D eigenvalue weighted by molar-refractivity contribution is -0.176. The van der Waals surface area contributed by atoms with Crippen molar-refractivity contribution in [2.45, 2.75) is 83.8 Å². The molecule has 1 rings (SSSR count). The van der Waals surface area contributed by atoms with Gasteiger partial charge in [-0.15, -0.1) is 0 Å². The fraction of sp³-hybridized carbons (Fsp3) is 0.652. The Morgan fingerprint density at radius 1 is 1.13 bits per heavy atom. The molecule has 0 aliphatic rings. The third kappa shape index (κ3) is 7.31. The lowest BCUT2D eigenvalue weighted by Crippen LogP contribution is -2.58. The summed E-state index contributed by atoms with van der Waals surface area (Å²) in [5, 5.41) is 3.41. The zero-order chi connectivity index (χ0) is 24.3. The van der Waals surface area contributed by atoms with Crippen LogP contribution < -0.4 is 5.32 Å². The molecule has 0 unspecified atom stereocenters. The van der Waals surface area contributed by atoms with Gasteiger partial charge in [0.25, 0.3) is 0 Å². The minimum Gasteiger partial charge on any atom is -0.468 e. The third-order valence-electron chi connectivity index (χ3n) is 5.47. The van der Waals surface area contributed by atoms with Crippen LogP contribution in [0.1, 0.15) is 54.0 Å². The van der Waals surface area contributed by atoms with E-state index < -0.39 is 37.5 Å². The molecular weight excluding hydrogens is 434 g/mol. The fourth-order valence-corrected chi connectivity index (χ4v) is 4.32. The Kier molecular flexibility index (Phi) is 8.93. The van der Waals surface area contributed by atoms with Crippen LogP contribution in [0.15, 0.2) is 24.3 Å². The van der Waals surface area contributed by atoms with E-state index in [-0.39, 0.29) is 11.6 Å². The Balaban J connectivity index is 3.65. The molecule has 0 amide bonds. The molecular formula is C23H38ClNO5Si. The highest BCUT2D eigenvalue weighted by atomic mass is 35.5. The maximum Gasteiger partial charge on any atom is 0.343 e. The molecule has 0 radical (unpaired) electrons. The van der Waals surface area contributed by atoms with Crippen LogP contribution in [-0.2, 0) is 29.1 Å². The summed E-state index contributed by atoms with van der Waals surface area (Å²) in [6.45, 7) is 17.6. The highest BCUT2D eigenvalue weighted by molar-refractivity contribution is 6.74. The second kappa shape index (κ2) is 10.0. The summed E-state index contributed by atoms with van der Waals surface area (Å²) in [5.41, 5.74) is -1.65. The minimum absolute atomic E-state index is 0.0189. The Morgan fingerprint density at radius 3 is 2.16 bits per heavy atom.